The number of likely N-dealkylation sites (tertiary alicyclic amines) is 1. The number of hydrogen-bond acceptors (Lipinski definition) is 5. The first-order valence-electron chi connectivity index (χ1n) is 11.0. The summed E-state index contributed by atoms with van der Waals surface area (Å²) in [5, 5.41) is 3.19. The Morgan fingerprint density at radius 1 is 1.13 bits per heavy atom. The molecule has 0 radical (unpaired) electrons. The molecular weight excluding hydrogens is 398 g/mol. The maximum Gasteiger partial charge on any atom is 0.276 e. The van der Waals surface area contributed by atoms with E-state index in [4.69, 9.17) is 11.6 Å². The third-order valence-corrected chi connectivity index (χ3v) is 6.22. The van der Waals surface area contributed by atoms with Crippen molar-refractivity contribution in [2.75, 3.05) is 36.4 Å². The van der Waals surface area contributed by atoms with Crippen LogP contribution < -0.4 is 10.2 Å². The van der Waals surface area contributed by atoms with Crippen molar-refractivity contribution in [2.24, 2.45) is 5.92 Å². The molecule has 160 valence electrons. The van der Waals surface area contributed by atoms with Gasteiger partial charge in [-0.1, -0.05) is 30.7 Å². The minimum absolute atomic E-state index is 0.221. The van der Waals surface area contributed by atoms with Crippen molar-refractivity contribution in [3.63, 3.8) is 0 Å². The molecule has 1 amide bonds. The van der Waals surface area contributed by atoms with Crippen LogP contribution in [0.5, 0.6) is 0 Å². The summed E-state index contributed by atoms with van der Waals surface area (Å²) in [7, 11) is 0. The third kappa shape index (κ3) is 5.29. The van der Waals surface area contributed by atoms with E-state index in [0.717, 1.165) is 57.2 Å². The van der Waals surface area contributed by atoms with Gasteiger partial charge in [0, 0.05) is 31.9 Å². The maximum absolute atomic E-state index is 12.8. The average Bonchev–Trinajstić information content (AvgIpc) is 2.76. The second-order valence-electron chi connectivity index (χ2n) is 8.55. The molecule has 4 rings (SSSR count). The van der Waals surface area contributed by atoms with Crippen molar-refractivity contribution in [3.8, 4) is 0 Å². The molecule has 2 fully saturated rings. The van der Waals surface area contributed by atoms with E-state index in [1.807, 2.05) is 12.1 Å². The molecule has 0 spiro atoms. The van der Waals surface area contributed by atoms with E-state index in [1.165, 1.54) is 31.0 Å². The number of nitrogens with zero attached hydrogens (tertiary/aromatic N) is 4. The molecule has 7 heteroatoms. The SMILES string of the molecule is CC1CCCN(Cc2ccc(NC(=O)c3nc(N4CCCCC4)ncc3Cl)cc2)C1. The van der Waals surface area contributed by atoms with Crippen LogP contribution >= 0.6 is 11.6 Å². The zero-order chi connectivity index (χ0) is 20.9. The molecular formula is C23H30ClN5O. The number of nitrogens with one attached hydrogen (secondary N) is 1. The smallest absolute Gasteiger partial charge is 0.276 e. The Morgan fingerprint density at radius 2 is 1.90 bits per heavy atom. The topological polar surface area (TPSA) is 61.4 Å². The molecule has 0 saturated carbocycles. The predicted molar refractivity (Wildman–Crippen MR) is 121 cm³/mol. The summed E-state index contributed by atoms with van der Waals surface area (Å²) in [5.74, 6) is 1.04. The fourth-order valence-electron chi connectivity index (χ4n) is 4.34. The van der Waals surface area contributed by atoms with Gasteiger partial charge in [-0.2, -0.15) is 0 Å². The van der Waals surface area contributed by atoms with Crippen LogP contribution in [-0.2, 0) is 6.54 Å². The van der Waals surface area contributed by atoms with Gasteiger partial charge in [-0.15, -0.1) is 0 Å². The Morgan fingerprint density at radius 3 is 2.63 bits per heavy atom. The van der Waals surface area contributed by atoms with Crippen LogP contribution in [0.3, 0.4) is 0 Å². The maximum atomic E-state index is 12.8. The molecule has 1 unspecified atom stereocenters. The number of benzene rings is 1. The Labute approximate surface area is 183 Å². The molecule has 1 N–H and O–H groups in total. The Balaban J connectivity index is 1.39. The van der Waals surface area contributed by atoms with Crippen molar-refractivity contribution < 1.29 is 4.79 Å². The summed E-state index contributed by atoms with van der Waals surface area (Å²) in [5.41, 5.74) is 2.22. The molecule has 2 aliphatic rings. The van der Waals surface area contributed by atoms with Crippen LogP contribution in [0.1, 0.15) is 55.1 Å². The summed E-state index contributed by atoms with van der Waals surface area (Å²) >= 11 is 6.23. The molecule has 3 heterocycles. The highest BCUT2D eigenvalue weighted by Crippen LogP contribution is 2.22. The van der Waals surface area contributed by atoms with E-state index in [-0.39, 0.29) is 16.6 Å². The number of carbonyl (C=O) groups excluding carboxylic acids is 1. The summed E-state index contributed by atoms with van der Waals surface area (Å²) in [4.78, 5) is 26.2. The van der Waals surface area contributed by atoms with Gasteiger partial charge in [-0.05, 0) is 62.3 Å². The van der Waals surface area contributed by atoms with E-state index in [9.17, 15) is 4.79 Å². The van der Waals surface area contributed by atoms with Gasteiger partial charge >= 0.3 is 0 Å². The molecule has 0 bridgehead atoms. The normalized spacial score (nSPS) is 20.2. The average molecular weight is 428 g/mol. The van der Waals surface area contributed by atoms with E-state index in [2.05, 4.69) is 44.1 Å². The monoisotopic (exact) mass is 427 g/mol. The van der Waals surface area contributed by atoms with Crippen molar-refractivity contribution in [2.45, 2.75) is 45.6 Å². The zero-order valence-electron chi connectivity index (χ0n) is 17.6. The molecule has 0 aliphatic carbocycles. The standard InChI is InChI=1S/C23H30ClN5O/c1-17-6-5-11-28(15-17)16-18-7-9-19(10-8-18)26-22(30)21-20(24)14-25-23(27-21)29-12-3-2-4-13-29/h7-10,14,17H,2-6,11-13,15-16H2,1H3,(H,26,30). The van der Waals surface area contributed by atoms with Gasteiger partial charge in [0.15, 0.2) is 5.69 Å². The number of amides is 1. The summed E-state index contributed by atoms with van der Waals surface area (Å²) in [6, 6.07) is 8.05. The zero-order valence-corrected chi connectivity index (χ0v) is 18.4. The molecule has 2 aliphatic heterocycles. The van der Waals surface area contributed by atoms with E-state index < -0.39 is 0 Å². The van der Waals surface area contributed by atoms with Crippen LogP contribution in [0.4, 0.5) is 11.6 Å². The second kappa shape index (κ2) is 9.75. The molecule has 2 saturated heterocycles. The highest BCUT2D eigenvalue weighted by Gasteiger charge is 2.19. The lowest BCUT2D eigenvalue weighted by molar-refractivity contribution is 0.102. The second-order valence-corrected chi connectivity index (χ2v) is 8.96. The van der Waals surface area contributed by atoms with E-state index in [0.29, 0.717) is 5.95 Å². The van der Waals surface area contributed by atoms with Crippen molar-refractivity contribution >= 4 is 29.1 Å². The number of rotatable bonds is 5. The van der Waals surface area contributed by atoms with Crippen molar-refractivity contribution in [3.05, 3.63) is 46.7 Å². The molecule has 1 aromatic carbocycles. The van der Waals surface area contributed by atoms with Gasteiger partial charge in [0.1, 0.15) is 0 Å². The summed E-state index contributed by atoms with van der Waals surface area (Å²) in [6.07, 6.45) is 7.59. The predicted octanol–water partition coefficient (Wildman–Crippen LogP) is 4.60. The fraction of sp³-hybridized carbons (Fsp3) is 0.522. The number of halogens is 1. The van der Waals surface area contributed by atoms with E-state index >= 15 is 0 Å². The minimum atomic E-state index is -0.307. The first-order valence-corrected chi connectivity index (χ1v) is 11.4. The number of aromatic nitrogens is 2. The first-order chi connectivity index (χ1) is 14.6. The molecule has 30 heavy (non-hydrogen) atoms. The largest absolute Gasteiger partial charge is 0.341 e. The quantitative estimate of drug-likeness (QED) is 0.755. The Hall–Kier alpha value is -2.18. The van der Waals surface area contributed by atoms with Crippen LogP contribution in [-0.4, -0.2) is 47.0 Å². The van der Waals surface area contributed by atoms with E-state index in [1.54, 1.807) is 0 Å². The molecule has 1 aromatic heterocycles. The van der Waals surface area contributed by atoms with Gasteiger partial charge in [-0.3, -0.25) is 9.69 Å². The van der Waals surface area contributed by atoms with Crippen LogP contribution in [0.15, 0.2) is 30.5 Å². The number of anilines is 2. The number of carbonyl (C=O) groups is 1. The first kappa shape index (κ1) is 21.1. The number of hydrogen-bond donors (Lipinski definition) is 1. The van der Waals surface area contributed by atoms with Crippen LogP contribution in [0.25, 0.3) is 0 Å². The third-order valence-electron chi connectivity index (χ3n) is 5.94. The van der Waals surface area contributed by atoms with Gasteiger partial charge in [0.2, 0.25) is 5.95 Å². The molecule has 6 nitrogen and oxygen atoms in total. The van der Waals surface area contributed by atoms with Crippen LogP contribution in [0.2, 0.25) is 5.02 Å². The lowest BCUT2D eigenvalue weighted by atomic mass is 10.00. The summed E-state index contributed by atoms with van der Waals surface area (Å²) in [6.45, 7) is 7.42. The van der Waals surface area contributed by atoms with Crippen molar-refractivity contribution in [1.82, 2.24) is 14.9 Å². The lowest BCUT2D eigenvalue weighted by Crippen LogP contribution is -2.33. The molecule has 1 atom stereocenters. The summed E-state index contributed by atoms with van der Waals surface area (Å²) < 4.78 is 0. The lowest BCUT2D eigenvalue weighted by Gasteiger charge is -2.30. The van der Waals surface area contributed by atoms with Crippen molar-refractivity contribution in [1.29, 1.82) is 0 Å². The van der Waals surface area contributed by atoms with Gasteiger partial charge in [0.05, 0.1) is 11.2 Å². The van der Waals surface area contributed by atoms with Gasteiger partial charge in [-0.25, -0.2) is 9.97 Å². The van der Waals surface area contributed by atoms with Gasteiger partial charge in [0.25, 0.3) is 5.91 Å². The minimum Gasteiger partial charge on any atom is -0.341 e. The Bertz CT molecular complexity index is 866. The van der Waals surface area contributed by atoms with Crippen LogP contribution in [0, 0.1) is 5.92 Å². The highest BCUT2D eigenvalue weighted by molar-refractivity contribution is 6.34. The highest BCUT2D eigenvalue weighted by atomic mass is 35.5. The number of piperidine rings is 2. The fourth-order valence-corrected chi connectivity index (χ4v) is 4.51. The molecule has 2 aromatic rings. The Kier molecular flexibility index (Phi) is 6.85. The van der Waals surface area contributed by atoms with Gasteiger partial charge < -0.3 is 10.2 Å².